The smallest absolute Gasteiger partial charge is 0.335 e. The highest BCUT2D eigenvalue weighted by Gasteiger charge is 2.37. The number of carbonyl (C=O) groups is 4. The number of ether oxygens (including phenoxy) is 1. The van der Waals surface area contributed by atoms with Gasteiger partial charge in [-0.2, -0.15) is 0 Å². The number of carbonyl (C=O) groups excluding carboxylic acids is 4. The van der Waals surface area contributed by atoms with E-state index in [1.807, 2.05) is 0 Å². The second kappa shape index (κ2) is 10.4. The Balaban J connectivity index is 1.57. The number of anilines is 2. The molecule has 8 nitrogen and oxygen atoms in total. The van der Waals surface area contributed by atoms with Crippen LogP contribution >= 0.6 is 11.6 Å². The lowest BCUT2D eigenvalue weighted by Gasteiger charge is -2.26. The van der Waals surface area contributed by atoms with Crippen LogP contribution in [0.4, 0.5) is 25.0 Å². The number of benzene rings is 3. The van der Waals surface area contributed by atoms with Gasteiger partial charge in [-0.25, -0.2) is 18.5 Å². The molecule has 0 saturated carbocycles. The van der Waals surface area contributed by atoms with E-state index in [0.29, 0.717) is 10.6 Å². The Labute approximate surface area is 208 Å². The van der Waals surface area contributed by atoms with Crippen molar-refractivity contribution in [1.82, 2.24) is 5.32 Å². The first-order chi connectivity index (χ1) is 17.2. The van der Waals surface area contributed by atoms with E-state index < -0.39 is 47.6 Å². The lowest BCUT2D eigenvalue weighted by atomic mass is 10.1. The number of rotatable bonds is 6. The van der Waals surface area contributed by atoms with Crippen molar-refractivity contribution in [2.24, 2.45) is 0 Å². The molecule has 36 heavy (non-hydrogen) atoms. The van der Waals surface area contributed by atoms with Crippen molar-refractivity contribution in [2.75, 3.05) is 16.8 Å². The number of barbiturate groups is 1. The number of imide groups is 2. The molecule has 3 aromatic rings. The van der Waals surface area contributed by atoms with Crippen LogP contribution in [0.5, 0.6) is 5.75 Å². The lowest BCUT2D eigenvalue weighted by Crippen LogP contribution is -2.54. The van der Waals surface area contributed by atoms with Crippen LogP contribution in [0, 0.1) is 11.6 Å². The Bertz CT molecular complexity index is 1390. The van der Waals surface area contributed by atoms with Crippen LogP contribution in [0.15, 0.2) is 72.3 Å². The van der Waals surface area contributed by atoms with Gasteiger partial charge in [0.2, 0.25) is 0 Å². The van der Waals surface area contributed by atoms with E-state index in [4.69, 9.17) is 16.3 Å². The molecule has 1 fully saturated rings. The molecule has 0 bridgehead atoms. The predicted octanol–water partition coefficient (Wildman–Crippen LogP) is 4.30. The average Bonchev–Trinajstić information content (AvgIpc) is 2.84. The quantitative estimate of drug-likeness (QED) is 0.379. The average molecular weight is 512 g/mol. The van der Waals surface area contributed by atoms with Crippen molar-refractivity contribution >= 4 is 52.8 Å². The van der Waals surface area contributed by atoms with Crippen molar-refractivity contribution in [3.8, 4) is 5.75 Å². The molecule has 0 unspecified atom stereocenters. The summed E-state index contributed by atoms with van der Waals surface area (Å²) >= 11 is 6.07. The molecule has 3 aromatic carbocycles. The van der Waals surface area contributed by atoms with Gasteiger partial charge in [0.05, 0.1) is 5.69 Å². The zero-order valence-electron chi connectivity index (χ0n) is 18.3. The van der Waals surface area contributed by atoms with E-state index in [9.17, 15) is 28.0 Å². The van der Waals surface area contributed by atoms with E-state index in [1.165, 1.54) is 60.7 Å². The number of nitrogens with zero attached hydrogens (tertiary/aromatic N) is 1. The van der Waals surface area contributed by atoms with Gasteiger partial charge in [0, 0.05) is 16.3 Å². The van der Waals surface area contributed by atoms with Gasteiger partial charge in [-0.1, -0.05) is 11.6 Å². The third-order valence-electron chi connectivity index (χ3n) is 4.94. The predicted molar refractivity (Wildman–Crippen MR) is 127 cm³/mol. The lowest BCUT2D eigenvalue weighted by molar-refractivity contribution is -0.122. The summed E-state index contributed by atoms with van der Waals surface area (Å²) in [5, 5.41) is 4.85. The molecular formula is C25H16ClF2N3O5. The van der Waals surface area contributed by atoms with Gasteiger partial charge in [-0.3, -0.25) is 19.7 Å². The molecule has 0 radical (unpaired) electrons. The molecule has 11 heteroatoms. The second-order valence-electron chi connectivity index (χ2n) is 7.46. The Kier molecular flexibility index (Phi) is 7.07. The summed E-state index contributed by atoms with van der Waals surface area (Å²) in [5.41, 5.74) is 0.182. The Morgan fingerprint density at radius 1 is 0.972 bits per heavy atom. The third-order valence-corrected chi connectivity index (χ3v) is 5.18. The molecule has 1 heterocycles. The van der Waals surface area contributed by atoms with Crippen molar-refractivity contribution in [2.45, 2.75) is 0 Å². The van der Waals surface area contributed by atoms with E-state index >= 15 is 0 Å². The van der Waals surface area contributed by atoms with Gasteiger partial charge in [0.25, 0.3) is 17.7 Å². The topological polar surface area (TPSA) is 105 Å². The first-order valence-electron chi connectivity index (χ1n) is 10.4. The molecule has 1 saturated heterocycles. The normalized spacial score (nSPS) is 14.6. The molecule has 2 N–H and O–H groups in total. The minimum absolute atomic E-state index is 0.0531. The van der Waals surface area contributed by atoms with Crippen molar-refractivity contribution in [1.29, 1.82) is 0 Å². The monoisotopic (exact) mass is 511 g/mol. The summed E-state index contributed by atoms with van der Waals surface area (Å²) in [6.07, 6.45) is 1.17. The number of nitrogens with one attached hydrogen (secondary N) is 2. The molecule has 4 rings (SSSR count). The van der Waals surface area contributed by atoms with Gasteiger partial charge >= 0.3 is 6.03 Å². The van der Waals surface area contributed by atoms with Crippen LogP contribution in [0.1, 0.15) is 5.56 Å². The van der Waals surface area contributed by atoms with E-state index in [2.05, 4.69) is 10.6 Å². The molecule has 1 aliphatic rings. The van der Waals surface area contributed by atoms with Gasteiger partial charge in [-0.05, 0) is 72.8 Å². The highest BCUT2D eigenvalue weighted by molar-refractivity contribution is 6.39. The zero-order valence-corrected chi connectivity index (χ0v) is 19.0. The number of urea groups is 1. The fourth-order valence-corrected chi connectivity index (χ4v) is 3.46. The number of hydrogen-bond acceptors (Lipinski definition) is 5. The molecule has 0 atom stereocenters. The van der Waals surface area contributed by atoms with Crippen LogP contribution < -0.4 is 20.3 Å². The van der Waals surface area contributed by atoms with Crippen LogP contribution in [0.25, 0.3) is 6.08 Å². The minimum atomic E-state index is -0.992. The zero-order chi connectivity index (χ0) is 25.8. The van der Waals surface area contributed by atoms with E-state index in [-0.39, 0.29) is 22.0 Å². The summed E-state index contributed by atoms with van der Waals surface area (Å²) in [5.74, 6) is -3.36. The minimum Gasteiger partial charge on any atom is -0.483 e. The van der Waals surface area contributed by atoms with Crippen LogP contribution in [0.2, 0.25) is 5.02 Å². The highest BCUT2D eigenvalue weighted by Crippen LogP contribution is 2.28. The first-order valence-corrected chi connectivity index (χ1v) is 10.7. The van der Waals surface area contributed by atoms with E-state index in [1.54, 1.807) is 0 Å². The number of hydrogen-bond donors (Lipinski definition) is 2. The standard InChI is InChI=1S/C25H16ClF2N3O5/c26-15-1-10-21(36-13-22(32)29-18-6-2-16(27)3-7-18)14(11-15)12-20-23(33)30-25(35)31(24(20)34)19-8-4-17(28)5-9-19/h1-12H,13H2,(H,29,32)(H,30,33,35)/b20-12+. The Morgan fingerprint density at radius 2 is 1.61 bits per heavy atom. The van der Waals surface area contributed by atoms with Crippen molar-refractivity contribution in [3.05, 3.63) is 94.5 Å². The number of amides is 5. The summed E-state index contributed by atoms with van der Waals surface area (Å²) in [4.78, 5) is 50.7. The molecule has 0 spiro atoms. The summed E-state index contributed by atoms with van der Waals surface area (Å²) in [6.45, 7) is -0.449. The Hall–Kier alpha value is -4.57. The molecule has 1 aliphatic heterocycles. The maximum Gasteiger partial charge on any atom is 0.335 e. The third kappa shape index (κ3) is 5.56. The summed E-state index contributed by atoms with van der Waals surface area (Å²) in [6, 6.07) is 13.0. The fraction of sp³-hybridized carbons (Fsp3) is 0.0400. The molecule has 5 amide bonds. The largest absolute Gasteiger partial charge is 0.483 e. The summed E-state index contributed by atoms with van der Waals surface area (Å²) < 4.78 is 31.9. The first kappa shape index (κ1) is 24.6. The molecular weight excluding hydrogens is 496 g/mol. The van der Waals surface area contributed by atoms with Gasteiger partial charge < -0.3 is 10.1 Å². The second-order valence-corrected chi connectivity index (χ2v) is 7.90. The van der Waals surface area contributed by atoms with Gasteiger partial charge in [-0.15, -0.1) is 0 Å². The summed E-state index contributed by atoms with van der Waals surface area (Å²) in [7, 11) is 0. The maximum absolute atomic E-state index is 13.3. The highest BCUT2D eigenvalue weighted by atomic mass is 35.5. The Morgan fingerprint density at radius 3 is 2.28 bits per heavy atom. The van der Waals surface area contributed by atoms with Crippen molar-refractivity contribution < 1.29 is 32.7 Å². The van der Waals surface area contributed by atoms with Crippen LogP contribution in [0.3, 0.4) is 0 Å². The maximum atomic E-state index is 13.3. The SMILES string of the molecule is O=C(COc1ccc(Cl)cc1/C=C1\C(=O)NC(=O)N(c2ccc(F)cc2)C1=O)Nc1ccc(F)cc1. The van der Waals surface area contributed by atoms with Gasteiger partial charge in [0.1, 0.15) is 23.0 Å². The molecule has 0 aliphatic carbocycles. The van der Waals surface area contributed by atoms with Crippen LogP contribution in [-0.2, 0) is 14.4 Å². The van der Waals surface area contributed by atoms with Crippen molar-refractivity contribution in [3.63, 3.8) is 0 Å². The number of halogens is 3. The van der Waals surface area contributed by atoms with Crippen LogP contribution in [-0.4, -0.2) is 30.4 Å². The van der Waals surface area contributed by atoms with Gasteiger partial charge in [0.15, 0.2) is 6.61 Å². The molecule has 0 aromatic heterocycles. The fourth-order valence-electron chi connectivity index (χ4n) is 3.27. The molecule has 182 valence electrons. The van der Waals surface area contributed by atoms with E-state index in [0.717, 1.165) is 12.1 Å².